The Morgan fingerprint density at radius 2 is 2.11 bits per heavy atom. The van der Waals surface area contributed by atoms with E-state index in [1.54, 1.807) is 0 Å². The molecular weight excluding hydrogens is 228 g/mol. The third kappa shape index (κ3) is 7.04. The van der Waals surface area contributed by atoms with Crippen LogP contribution in [-0.2, 0) is 16.1 Å². The maximum Gasteiger partial charge on any atom is 0.220 e. The smallest absolute Gasteiger partial charge is 0.220 e. The van der Waals surface area contributed by atoms with Crippen molar-refractivity contribution in [3.63, 3.8) is 0 Å². The van der Waals surface area contributed by atoms with Crippen molar-refractivity contribution in [3.8, 4) is 0 Å². The number of hydrogen-bond acceptors (Lipinski definition) is 3. The lowest BCUT2D eigenvalue weighted by atomic mass is 10.2. The molecule has 4 nitrogen and oxygen atoms in total. The molecule has 0 aliphatic heterocycles. The molecule has 0 saturated heterocycles. The van der Waals surface area contributed by atoms with E-state index in [0.29, 0.717) is 26.2 Å². The van der Waals surface area contributed by atoms with Crippen LogP contribution in [0, 0.1) is 0 Å². The summed E-state index contributed by atoms with van der Waals surface area (Å²) in [6.07, 6.45) is 1.20. The van der Waals surface area contributed by atoms with Crippen molar-refractivity contribution in [2.45, 2.75) is 32.4 Å². The first-order valence-corrected chi connectivity index (χ1v) is 6.32. The van der Waals surface area contributed by atoms with Crippen LogP contribution in [0.25, 0.3) is 0 Å². The summed E-state index contributed by atoms with van der Waals surface area (Å²) in [6.45, 7) is 3.55. The summed E-state index contributed by atoms with van der Waals surface area (Å²) >= 11 is 0. The van der Waals surface area contributed by atoms with Crippen LogP contribution in [0.2, 0.25) is 0 Å². The zero-order chi connectivity index (χ0) is 13.2. The van der Waals surface area contributed by atoms with Gasteiger partial charge in [0.05, 0.1) is 13.2 Å². The third-order valence-electron chi connectivity index (χ3n) is 2.51. The minimum atomic E-state index is 0.0376. The van der Waals surface area contributed by atoms with Gasteiger partial charge in [-0.1, -0.05) is 30.3 Å². The first-order chi connectivity index (χ1) is 8.68. The molecule has 3 N–H and O–H groups in total. The van der Waals surface area contributed by atoms with Gasteiger partial charge in [-0.2, -0.15) is 0 Å². The van der Waals surface area contributed by atoms with E-state index in [1.165, 1.54) is 0 Å². The van der Waals surface area contributed by atoms with Gasteiger partial charge in [-0.05, 0) is 18.9 Å². The molecule has 0 bridgehead atoms. The largest absolute Gasteiger partial charge is 0.375 e. The highest BCUT2D eigenvalue weighted by atomic mass is 16.5. The highest BCUT2D eigenvalue weighted by Gasteiger charge is 2.02. The fourth-order valence-corrected chi connectivity index (χ4v) is 1.47. The van der Waals surface area contributed by atoms with Crippen LogP contribution < -0.4 is 11.1 Å². The van der Waals surface area contributed by atoms with Crippen molar-refractivity contribution >= 4 is 5.91 Å². The van der Waals surface area contributed by atoms with Gasteiger partial charge in [-0.3, -0.25) is 4.79 Å². The molecule has 0 fully saturated rings. The van der Waals surface area contributed by atoms with Crippen LogP contribution in [-0.4, -0.2) is 25.1 Å². The summed E-state index contributed by atoms with van der Waals surface area (Å²) in [4.78, 5) is 11.4. The number of ether oxygens (including phenoxy) is 1. The highest BCUT2D eigenvalue weighted by Crippen LogP contribution is 1.99. The number of carbonyl (C=O) groups excluding carboxylic acids is 1. The number of rotatable bonds is 8. The molecule has 4 heteroatoms. The first-order valence-electron chi connectivity index (χ1n) is 6.32. The molecule has 0 spiro atoms. The summed E-state index contributed by atoms with van der Waals surface area (Å²) < 4.78 is 5.46. The van der Waals surface area contributed by atoms with Gasteiger partial charge < -0.3 is 15.8 Å². The Balaban J connectivity index is 2.00. The summed E-state index contributed by atoms with van der Waals surface area (Å²) in [6, 6.07) is 10.0. The first kappa shape index (κ1) is 14.7. The van der Waals surface area contributed by atoms with Crippen LogP contribution in [0.4, 0.5) is 0 Å². The minimum Gasteiger partial charge on any atom is -0.375 e. The fraction of sp³-hybridized carbons (Fsp3) is 0.500. The normalized spacial score (nSPS) is 12.1. The van der Waals surface area contributed by atoms with Gasteiger partial charge in [0.25, 0.3) is 0 Å². The Kier molecular flexibility index (Phi) is 7.06. The van der Waals surface area contributed by atoms with E-state index in [0.717, 1.165) is 12.0 Å². The van der Waals surface area contributed by atoms with Crippen molar-refractivity contribution < 1.29 is 9.53 Å². The van der Waals surface area contributed by atoms with Crippen LogP contribution in [0.5, 0.6) is 0 Å². The molecule has 0 aliphatic rings. The number of nitrogens with two attached hydrogens (primary N) is 1. The Bertz CT molecular complexity index is 339. The van der Waals surface area contributed by atoms with Crippen LogP contribution in [0.15, 0.2) is 30.3 Å². The predicted octanol–water partition coefficient (Wildman–Crippen LogP) is 1.45. The second-order valence-corrected chi connectivity index (χ2v) is 4.40. The van der Waals surface area contributed by atoms with Crippen molar-refractivity contribution in [2.24, 2.45) is 5.73 Å². The van der Waals surface area contributed by atoms with Crippen molar-refractivity contribution in [1.29, 1.82) is 0 Å². The van der Waals surface area contributed by atoms with E-state index < -0.39 is 0 Å². The summed E-state index contributed by atoms with van der Waals surface area (Å²) in [5.74, 6) is 0.0376. The third-order valence-corrected chi connectivity index (χ3v) is 2.51. The van der Waals surface area contributed by atoms with E-state index in [4.69, 9.17) is 10.5 Å². The SMILES string of the molecule is CC(N)CCC(=O)NCCOCc1ccccc1. The Morgan fingerprint density at radius 3 is 2.78 bits per heavy atom. The summed E-state index contributed by atoms with van der Waals surface area (Å²) in [5, 5.41) is 2.80. The Hall–Kier alpha value is -1.39. The van der Waals surface area contributed by atoms with E-state index in [1.807, 2.05) is 37.3 Å². The van der Waals surface area contributed by atoms with Crippen molar-refractivity contribution in [3.05, 3.63) is 35.9 Å². The summed E-state index contributed by atoms with van der Waals surface area (Å²) in [7, 11) is 0. The lowest BCUT2D eigenvalue weighted by Crippen LogP contribution is -2.28. The molecule has 1 aromatic rings. The van der Waals surface area contributed by atoms with Crippen molar-refractivity contribution in [2.75, 3.05) is 13.2 Å². The zero-order valence-corrected chi connectivity index (χ0v) is 10.9. The number of hydrogen-bond donors (Lipinski definition) is 2. The molecule has 1 aromatic carbocycles. The number of nitrogens with one attached hydrogen (secondary N) is 1. The summed E-state index contributed by atoms with van der Waals surface area (Å²) in [5.41, 5.74) is 6.72. The average molecular weight is 250 g/mol. The van der Waals surface area contributed by atoms with Gasteiger partial charge in [-0.15, -0.1) is 0 Å². The number of benzene rings is 1. The number of amides is 1. The zero-order valence-electron chi connectivity index (χ0n) is 10.9. The minimum absolute atomic E-state index is 0.0376. The molecule has 1 unspecified atom stereocenters. The van der Waals surface area contributed by atoms with Gasteiger partial charge >= 0.3 is 0 Å². The maximum atomic E-state index is 11.4. The van der Waals surface area contributed by atoms with Gasteiger partial charge in [0.15, 0.2) is 0 Å². The molecule has 1 atom stereocenters. The lowest BCUT2D eigenvalue weighted by molar-refractivity contribution is -0.121. The van der Waals surface area contributed by atoms with Crippen LogP contribution in [0.1, 0.15) is 25.3 Å². The van der Waals surface area contributed by atoms with E-state index in [-0.39, 0.29) is 11.9 Å². The maximum absolute atomic E-state index is 11.4. The molecule has 0 radical (unpaired) electrons. The Labute approximate surface area is 109 Å². The second kappa shape index (κ2) is 8.66. The van der Waals surface area contributed by atoms with Gasteiger partial charge in [-0.25, -0.2) is 0 Å². The molecule has 0 aliphatic carbocycles. The molecule has 100 valence electrons. The van der Waals surface area contributed by atoms with E-state index in [9.17, 15) is 4.79 Å². The fourth-order valence-electron chi connectivity index (χ4n) is 1.47. The van der Waals surface area contributed by atoms with Crippen LogP contribution in [0.3, 0.4) is 0 Å². The lowest BCUT2D eigenvalue weighted by Gasteiger charge is -2.07. The second-order valence-electron chi connectivity index (χ2n) is 4.40. The Morgan fingerprint density at radius 1 is 1.39 bits per heavy atom. The van der Waals surface area contributed by atoms with E-state index in [2.05, 4.69) is 5.32 Å². The van der Waals surface area contributed by atoms with E-state index >= 15 is 0 Å². The molecule has 0 saturated carbocycles. The monoisotopic (exact) mass is 250 g/mol. The molecule has 0 aromatic heterocycles. The molecular formula is C14H22N2O2. The quantitative estimate of drug-likeness (QED) is 0.686. The molecule has 0 heterocycles. The van der Waals surface area contributed by atoms with Gasteiger partial charge in [0.1, 0.15) is 0 Å². The molecule has 18 heavy (non-hydrogen) atoms. The molecule has 1 rings (SSSR count). The average Bonchev–Trinajstić information content (AvgIpc) is 2.37. The standard InChI is InChI=1S/C14H22N2O2/c1-12(15)7-8-14(17)16-9-10-18-11-13-5-3-2-4-6-13/h2-6,12H,7-11,15H2,1H3,(H,16,17). The van der Waals surface area contributed by atoms with Crippen molar-refractivity contribution in [1.82, 2.24) is 5.32 Å². The van der Waals surface area contributed by atoms with Gasteiger partial charge in [0.2, 0.25) is 5.91 Å². The highest BCUT2D eigenvalue weighted by molar-refractivity contribution is 5.75. The van der Waals surface area contributed by atoms with Gasteiger partial charge in [0, 0.05) is 19.0 Å². The van der Waals surface area contributed by atoms with Crippen LogP contribution >= 0.6 is 0 Å². The topological polar surface area (TPSA) is 64.4 Å². The molecule has 1 amide bonds. The number of carbonyl (C=O) groups is 1. The predicted molar refractivity (Wildman–Crippen MR) is 72.0 cm³/mol.